The van der Waals surface area contributed by atoms with Crippen molar-refractivity contribution in [3.05, 3.63) is 0 Å². The maximum atomic E-state index is 8.51. The molecule has 6 heteroatoms. The highest BCUT2D eigenvalue weighted by Crippen LogP contribution is 1.96. The first-order chi connectivity index (χ1) is 4.45. The Bertz CT molecular complexity index is 86.2. The molecular formula is C4H10O6. The average molecular weight is 154 g/mol. The van der Waals surface area contributed by atoms with Gasteiger partial charge in [0.15, 0.2) is 0 Å². The van der Waals surface area contributed by atoms with Gasteiger partial charge in [-0.15, -0.1) is 0 Å². The minimum Gasteiger partial charge on any atom is -0.394 e. The van der Waals surface area contributed by atoms with Gasteiger partial charge in [0.05, 0.1) is 13.2 Å². The molecule has 5 N–H and O–H groups in total. The van der Waals surface area contributed by atoms with Crippen LogP contribution in [0.25, 0.3) is 0 Å². The van der Waals surface area contributed by atoms with Crippen molar-refractivity contribution < 1.29 is 30.3 Å². The zero-order chi connectivity index (χ0) is 8.20. The Labute approximate surface area is 56.9 Å². The van der Waals surface area contributed by atoms with E-state index in [0.717, 1.165) is 0 Å². The summed E-state index contributed by atoms with van der Waals surface area (Å²) in [6, 6.07) is 0. The second-order valence-electron chi connectivity index (χ2n) is 1.72. The molecule has 0 heterocycles. The largest absolute Gasteiger partial charge is 0.405 e. The number of rotatable bonds is 4. The molecule has 1 atom stereocenters. The van der Waals surface area contributed by atoms with Crippen LogP contribution in [0.4, 0.5) is 0 Å². The summed E-state index contributed by atoms with van der Waals surface area (Å²) < 4.78 is 3.84. The number of aliphatic hydroxyl groups is 5. The lowest BCUT2D eigenvalue weighted by Crippen LogP contribution is -2.35. The van der Waals surface area contributed by atoms with Gasteiger partial charge in [0.25, 0.3) is 0 Å². The van der Waals surface area contributed by atoms with Crippen molar-refractivity contribution in [2.45, 2.75) is 12.3 Å². The summed E-state index contributed by atoms with van der Waals surface area (Å²) in [5.41, 5.74) is 0. The first kappa shape index (κ1) is 9.76. The van der Waals surface area contributed by atoms with Gasteiger partial charge in [0.1, 0.15) is 6.10 Å². The van der Waals surface area contributed by atoms with Crippen molar-refractivity contribution in [1.29, 1.82) is 0 Å². The van der Waals surface area contributed by atoms with Crippen LogP contribution < -0.4 is 0 Å². The van der Waals surface area contributed by atoms with Crippen molar-refractivity contribution in [3.63, 3.8) is 0 Å². The number of aliphatic hydroxyl groups excluding tert-OH is 2. The van der Waals surface area contributed by atoms with Crippen LogP contribution in [0.1, 0.15) is 0 Å². The molecule has 1 unspecified atom stereocenters. The molecule has 0 saturated heterocycles. The Morgan fingerprint density at radius 1 is 1.30 bits per heavy atom. The normalized spacial score (nSPS) is 15.3. The summed E-state index contributed by atoms with van der Waals surface area (Å²) >= 11 is 0. The van der Waals surface area contributed by atoms with E-state index in [0.29, 0.717) is 0 Å². The van der Waals surface area contributed by atoms with Crippen molar-refractivity contribution in [2.75, 3.05) is 13.2 Å². The van der Waals surface area contributed by atoms with Gasteiger partial charge in [0.2, 0.25) is 0 Å². The molecule has 6 nitrogen and oxygen atoms in total. The van der Waals surface area contributed by atoms with Crippen LogP contribution in [-0.4, -0.2) is 51.0 Å². The molecule has 0 rings (SSSR count). The van der Waals surface area contributed by atoms with E-state index < -0.39 is 25.5 Å². The Hall–Kier alpha value is -0.240. The third kappa shape index (κ3) is 5.89. The predicted molar refractivity (Wildman–Crippen MR) is 28.4 cm³/mol. The first-order valence-electron chi connectivity index (χ1n) is 2.55. The van der Waals surface area contributed by atoms with E-state index in [9.17, 15) is 0 Å². The average Bonchev–Trinajstić information content (AvgIpc) is 1.81. The molecule has 0 bridgehead atoms. The molecule has 0 saturated carbocycles. The molecule has 0 aliphatic heterocycles. The lowest BCUT2D eigenvalue weighted by atomic mass is 10.4. The quantitative estimate of drug-likeness (QED) is 0.275. The van der Waals surface area contributed by atoms with Crippen LogP contribution >= 0.6 is 0 Å². The Balaban J connectivity index is 3.36. The third-order valence-corrected chi connectivity index (χ3v) is 0.680. The Morgan fingerprint density at radius 3 is 2.10 bits per heavy atom. The fourth-order valence-electron chi connectivity index (χ4n) is 0.261. The highest BCUT2D eigenvalue weighted by Gasteiger charge is 2.20. The molecule has 0 amide bonds. The standard InChI is InChI=1S/C4H10O6/c5-1-3(6)2-10-4(7,8)9/h3,5-9H,1-2H2. The zero-order valence-electron chi connectivity index (χ0n) is 5.14. The summed E-state index contributed by atoms with van der Waals surface area (Å²) in [5.74, 6) is 0. The predicted octanol–water partition coefficient (Wildman–Crippen LogP) is -3.06. The first-order valence-corrected chi connectivity index (χ1v) is 2.55. The van der Waals surface area contributed by atoms with Crippen LogP contribution in [0, 0.1) is 0 Å². The Kier molecular flexibility index (Phi) is 3.72. The fraction of sp³-hybridized carbons (Fsp3) is 1.00. The van der Waals surface area contributed by atoms with Gasteiger partial charge in [-0.25, -0.2) is 0 Å². The maximum Gasteiger partial charge on any atom is 0.405 e. The van der Waals surface area contributed by atoms with Gasteiger partial charge in [-0.05, 0) is 0 Å². The van der Waals surface area contributed by atoms with Crippen LogP contribution in [0.5, 0.6) is 0 Å². The van der Waals surface area contributed by atoms with Crippen molar-refractivity contribution in [1.82, 2.24) is 0 Å². The number of ether oxygens (including phenoxy) is 1. The van der Waals surface area contributed by atoms with E-state index in [4.69, 9.17) is 25.5 Å². The molecule has 0 aromatic heterocycles. The lowest BCUT2D eigenvalue weighted by Gasteiger charge is -2.15. The molecule has 0 aliphatic rings. The van der Waals surface area contributed by atoms with Crippen molar-refractivity contribution >= 4 is 0 Å². The van der Waals surface area contributed by atoms with Gasteiger partial charge < -0.3 is 30.3 Å². The second kappa shape index (κ2) is 3.81. The molecule has 0 radical (unpaired) electrons. The highest BCUT2D eigenvalue weighted by molar-refractivity contribution is 4.48. The van der Waals surface area contributed by atoms with Crippen LogP contribution in [-0.2, 0) is 4.74 Å². The number of hydrogen-bond donors (Lipinski definition) is 5. The molecule has 10 heavy (non-hydrogen) atoms. The molecule has 62 valence electrons. The summed E-state index contributed by atoms with van der Waals surface area (Å²) in [6.45, 7) is -1.13. The lowest BCUT2D eigenvalue weighted by molar-refractivity contribution is -0.457. The van der Waals surface area contributed by atoms with Crippen molar-refractivity contribution in [2.24, 2.45) is 0 Å². The van der Waals surface area contributed by atoms with Crippen LogP contribution in [0.15, 0.2) is 0 Å². The topological polar surface area (TPSA) is 110 Å². The summed E-state index contributed by atoms with van der Waals surface area (Å²) in [6.07, 6.45) is -4.47. The highest BCUT2D eigenvalue weighted by atomic mass is 16.9. The summed E-state index contributed by atoms with van der Waals surface area (Å²) in [7, 11) is 0. The van der Waals surface area contributed by atoms with E-state index >= 15 is 0 Å². The molecule has 0 spiro atoms. The summed E-state index contributed by atoms with van der Waals surface area (Å²) in [5, 5.41) is 40.8. The van der Waals surface area contributed by atoms with E-state index in [1.54, 1.807) is 0 Å². The maximum absolute atomic E-state index is 8.51. The van der Waals surface area contributed by atoms with E-state index in [2.05, 4.69) is 4.74 Å². The van der Waals surface area contributed by atoms with Gasteiger partial charge in [-0.1, -0.05) is 0 Å². The minimum atomic E-state index is -3.24. The molecule has 0 aromatic rings. The third-order valence-electron chi connectivity index (χ3n) is 0.680. The SMILES string of the molecule is OCC(O)COC(O)(O)O. The summed E-state index contributed by atoms with van der Waals surface area (Å²) in [4.78, 5) is 0. The monoisotopic (exact) mass is 154 g/mol. The van der Waals surface area contributed by atoms with Gasteiger partial charge >= 0.3 is 6.16 Å². The van der Waals surface area contributed by atoms with Gasteiger partial charge in [-0.2, -0.15) is 0 Å². The zero-order valence-corrected chi connectivity index (χ0v) is 5.14. The molecule has 0 aromatic carbocycles. The molecular weight excluding hydrogens is 144 g/mol. The number of hydrogen-bond acceptors (Lipinski definition) is 6. The fourth-order valence-corrected chi connectivity index (χ4v) is 0.261. The molecule has 0 fully saturated rings. The van der Waals surface area contributed by atoms with Crippen molar-refractivity contribution in [3.8, 4) is 0 Å². The van der Waals surface area contributed by atoms with E-state index in [1.807, 2.05) is 0 Å². The van der Waals surface area contributed by atoms with Gasteiger partial charge in [0, 0.05) is 0 Å². The van der Waals surface area contributed by atoms with Gasteiger partial charge in [-0.3, -0.25) is 0 Å². The van der Waals surface area contributed by atoms with E-state index in [1.165, 1.54) is 0 Å². The molecule has 0 aliphatic carbocycles. The smallest absolute Gasteiger partial charge is 0.394 e. The second-order valence-corrected chi connectivity index (χ2v) is 1.72. The minimum absolute atomic E-state index is 0.556. The van der Waals surface area contributed by atoms with Crippen LogP contribution in [0.2, 0.25) is 0 Å². The van der Waals surface area contributed by atoms with E-state index in [-0.39, 0.29) is 0 Å². The van der Waals surface area contributed by atoms with Crippen LogP contribution in [0.3, 0.4) is 0 Å². The Morgan fingerprint density at radius 2 is 1.80 bits per heavy atom.